The molecule has 1 aromatic rings. The van der Waals surface area contributed by atoms with Crippen molar-refractivity contribution in [2.75, 3.05) is 0 Å². The molecule has 26 heavy (non-hydrogen) atoms. The standard InChI is InChI=1S/C22H29NO3/c1-6-8-17(24)21-13(4)9-12(3)20(14(21)5)15-10-18(25)22(16(23)7-2)19(26)11-15/h9,15,23,25H,6-8,10-11H2,1-5H3. The summed E-state index contributed by atoms with van der Waals surface area (Å²) in [6, 6.07) is 2.01. The van der Waals surface area contributed by atoms with Gasteiger partial charge in [-0.05, 0) is 61.8 Å². The lowest BCUT2D eigenvalue weighted by Gasteiger charge is -2.28. The molecule has 1 atom stereocenters. The van der Waals surface area contributed by atoms with E-state index in [0.717, 1.165) is 34.2 Å². The van der Waals surface area contributed by atoms with Crippen LogP contribution in [0.3, 0.4) is 0 Å². The summed E-state index contributed by atoms with van der Waals surface area (Å²) >= 11 is 0. The second kappa shape index (κ2) is 7.98. The summed E-state index contributed by atoms with van der Waals surface area (Å²) in [5.41, 5.74) is 5.09. The van der Waals surface area contributed by atoms with Gasteiger partial charge in [0.25, 0.3) is 0 Å². The Bertz CT molecular complexity index is 802. The van der Waals surface area contributed by atoms with E-state index in [1.54, 1.807) is 0 Å². The Hall–Kier alpha value is -2.23. The third-order valence-electron chi connectivity index (χ3n) is 5.29. The molecular weight excluding hydrogens is 326 g/mol. The molecule has 0 saturated heterocycles. The number of hydrogen-bond acceptors (Lipinski definition) is 4. The monoisotopic (exact) mass is 355 g/mol. The molecule has 1 aliphatic rings. The van der Waals surface area contributed by atoms with Crippen molar-refractivity contribution >= 4 is 17.3 Å². The van der Waals surface area contributed by atoms with Gasteiger partial charge in [0.1, 0.15) is 5.76 Å². The third-order valence-corrected chi connectivity index (χ3v) is 5.29. The van der Waals surface area contributed by atoms with Crippen molar-refractivity contribution in [3.05, 3.63) is 45.2 Å². The van der Waals surface area contributed by atoms with Crippen LogP contribution in [0.2, 0.25) is 0 Å². The Morgan fingerprint density at radius 1 is 1.19 bits per heavy atom. The molecule has 1 unspecified atom stereocenters. The van der Waals surface area contributed by atoms with Gasteiger partial charge in [-0.15, -0.1) is 0 Å². The average molecular weight is 355 g/mol. The van der Waals surface area contributed by atoms with Crippen molar-refractivity contribution in [1.29, 1.82) is 5.41 Å². The van der Waals surface area contributed by atoms with Crippen LogP contribution in [0.4, 0.5) is 0 Å². The minimum absolute atomic E-state index is 0.0129. The van der Waals surface area contributed by atoms with Gasteiger partial charge in [-0.25, -0.2) is 0 Å². The van der Waals surface area contributed by atoms with Gasteiger partial charge < -0.3 is 10.5 Å². The Kier molecular flexibility index (Phi) is 6.17. The number of carbonyl (C=O) groups is 2. The summed E-state index contributed by atoms with van der Waals surface area (Å²) < 4.78 is 0. The molecule has 0 aliphatic heterocycles. The normalized spacial score (nSPS) is 17.6. The number of ketones is 2. The zero-order chi connectivity index (χ0) is 19.6. The molecule has 0 spiro atoms. The van der Waals surface area contributed by atoms with Crippen LogP contribution in [0.5, 0.6) is 0 Å². The minimum Gasteiger partial charge on any atom is -0.511 e. The van der Waals surface area contributed by atoms with Gasteiger partial charge in [-0.1, -0.05) is 19.9 Å². The highest BCUT2D eigenvalue weighted by Gasteiger charge is 2.32. The summed E-state index contributed by atoms with van der Waals surface area (Å²) in [7, 11) is 0. The average Bonchev–Trinajstić information content (AvgIpc) is 2.53. The van der Waals surface area contributed by atoms with Crippen LogP contribution in [0.1, 0.15) is 84.5 Å². The number of hydrogen-bond donors (Lipinski definition) is 2. The number of carbonyl (C=O) groups excluding carboxylic acids is 2. The number of nitrogens with one attached hydrogen (secondary N) is 1. The number of allylic oxidation sites excluding steroid dienone is 2. The van der Waals surface area contributed by atoms with Crippen LogP contribution in [0.15, 0.2) is 17.4 Å². The van der Waals surface area contributed by atoms with Gasteiger partial charge in [0, 0.05) is 30.5 Å². The molecular formula is C22H29NO3. The number of Topliss-reactive ketones (excluding diaryl/α,β-unsaturated/α-hetero) is 2. The van der Waals surface area contributed by atoms with Gasteiger partial charge >= 0.3 is 0 Å². The fourth-order valence-electron chi connectivity index (χ4n) is 4.23. The summed E-state index contributed by atoms with van der Waals surface area (Å²) in [5, 5.41) is 18.4. The smallest absolute Gasteiger partial charge is 0.168 e. The molecule has 140 valence electrons. The first-order valence-electron chi connectivity index (χ1n) is 9.39. The highest BCUT2D eigenvalue weighted by molar-refractivity contribution is 6.22. The maximum absolute atomic E-state index is 12.6. The van der Waals surface area contributed by atoms with E-state index in [4.69, 9.17) is 5.41 Å². The molecule has 0 aromatic heterocycles. The van der Waals surface area contributed by atoms with Crippen LogP contribution in [-0.4, -0.2) is 22.4 Å². The Labute approximate surface area is 155 Å². The van der Waals surface area contributed by atoms with Crippen molar-refractivity contribution in [1.82, 2.24) is 0 Å². The fourth-order valence-corrected chi connectivity index (χ4v) is 4.23. The fraction of sp³-hybridized carbons (Fsp3) is 0.500. The van der Waals surface area contributed by atoms with E-state index < -0.39 is 0 Å². The molecule has 0 radical (unpaired) electrons. The van der Waals surface area contributed by atoms with Crippen LogP contribution in [0.25, 0.3) is 0 Å². The van der Waals surface area contributed by atoms with E-state index in [1.165, 1.54) is 0 Å². The topological polar surface area (TPSA) is 78.2 Å². The molecule has 2 N–H and O–H groups in total. The summed E-state index contributed by atoms with van der Waals surface area (Å²) in [6.45, 7) is 9.70. The van der Waals surface area contributed by atoms with E-state index in [0.29, 0.717) is 19.3 Å². The zero-order valence-electron chi connectivity index (χ0n) is 16.5. The summed E-state index contributed by atoms with van der Waals surface area (Å²) in [4.78, 5) is 25.2. The minimum atomic E-state index is -0.175. The number of benzene rings is 1. The molecule has 1 aliphatic carbocycles. The molecule has 0 fully saturated rings. The second-order valence-electron chi connectivity index (χ2n) is 7.28. The van der Waals surface area contributed by atoms with Crippen molar-refractivity contribution in [2.24, 2.45) is 0 Å². The van der Waals surface area contributed by atoms with Crippen molar-refractivity contribution in [2.45, 2.75) is 72.6 Å². The molecule has 4 heteroatoms. The van der Waals surface area contributed by atoms with E-state index in [1.807, 2.05) is 40.7 Å². The number of aryl methyl sites for hydroxylation is 2. The Balaban J connectivity index is 2.52. The highest BCUT2D eigenvalue weighted by Crippen LogP contribution is 2.39. The van der Waals surface area contributed by atoms with E-state index in [2.05, 4.69) is 0 Å². The largest absolute Gasteiger partial charge is 0.511 e. The summed E-state index contributed by atoms with van der Waals surface area (Å²) in [5.74, 6) is -0.172. The molecule has 0 bridgehead atoms. The first-order chi connectivity index (χ1) is 12.2. The van der Waals surface area contributed by atoms with Gasteiger partial charge in [0.15, 0.2) is 11.6 Å². The number of aliphatic hydroxyl groups is 1. The van der Waals surface area contributed by atoms with Crippen molar-refractivity contribution in [3.8, 4) is 0 Å². The van der Waals surface area contributed by atoms with Crippen molar-refractivity contribution < 1.29 is 14.7 Å². The Morgan fingerprint density at radius 3 is 2.38 bits per heavy atom. The lowest BCUT2D eigenvalue weighted by atomic mass is 9.76. The predicted octanol–water partition coefficient (Wildman–Crippen LogP) is 5.28. The first kappa shape index (κ1) is 20.1. The SMILES string of the molecule is CCCC(=O)c1c(C)cc(C)c(C2CC(=O)C(C(=N)CC)=C(O)C2)c1C. The molecule has 1 aromatic carbocycles. The van der Waals surface area contributed by atoms with Gasteiger partial charge in [0.2, 0.25) is 0 Å². The summed E-state index contributed by atoms with van der Waals surface area (Å²) in [6.07, 6.45) is 2.35. The van der Waals surface area contributed by atoms with E-state index in [9.17, 15) is 14.7 Å². The first-order valence-corrected chi connectivity index (χ1v) is 9.39. The zero-order valence-corrected chi connectivity index (χ0v) is 16.5. The van der Waals surface area contributed by atoms with E-state index >= 15 is 0 Å². The molecule has 0 saturated carbocycles. The van der Waals surface area contributed by atoms with Crippen LogP contribution >= 0.6 is 0 Å². The number of aliphatic hydroxyl groups excluding tert-OH is 1. The maximum Gasteiger partial charge on any atom is 0.168 e. The molecule has 2 rings (SSSR count). The Morgan fingerprint density at radius 2 is 1.85 bits per heavy atom. The molecule has 0 heterocycles. The molecule has 0 amide bonds. The van der Waals surface area contributed by atoms with Gasteiger partial charge in [-0.3, -0.25) is 9.59 Å². The van der Waals surface area contributed by atoms with E-state index in [-0.39, 0.29) is 40.9 Å². The van der Waals surface area contributed by atoms with Crippen LogP contribution < -0.4 is 0 Å². The van der Waals surface area contributed by atoms with Gasteiger partial charge in [0.05, 0.1) is 5.57 Å². The lowest BCUT2D eigenvalue weighted by molar-refractivity contribution is -0.116. The number of rotatable bonds is 6. The second-order valence-corrected chi connectivity index (χ2v) is 7.28. The lowest BCUT2D eigenvalue weighted by Crippen LogP contribution is -2.24. The molecule has 4 nitrogen and oxygen atoms in total. The van der Waals surface area contributed by atoms with Crippen LogP contribution in [0, 0.1) is 26.2 Å². The maximum atomic E-state index is 12.6. The highest BCUT2D eigenvalue weighted by atomic mass is 16.3. The third kappa shape index (κ3) is 3.64. The quantitative estimate of drug-likeness (QED) is 0.538. The van der Waals surface area contributed by atoms with Crippen molar-refractivity contribution in [3.63, 3.8) is 0 Å². The van der Waals surface area contributed by atoms with Gasteiger partial charge in [-0.2, -0.15) is 0 Å². The predicted molar refractivity (Wildman–Crippen MR) is 105 cm³/mol. The van der Waals surface area contributed by atoms with Crippen LogP contribution in [-0.2, 0) is 4.79 Å².